The Kier molecular flexibility index (Phi) is 3.01. The molecule has 0 aliphatic carbocycles. The minimum absolute atomic E-state index is 0.720. The van der Waals surface area contributed by atoms with Gasteiger partial charge in [0.05, 0.1) is 12.2 Å². The van der Waals surface area contributed by atoms with E-state index in [1.54, 1.807) is 11.2 Å². The number of hydrogen-bond acceptors (Lipinski definition) is 3. The lowest BCUT2D eigenvalue weighted by Crippen LogP contribution is -2.30. The van der Waals surface area contributed by atoms with Crippen molar-refractivity contribution in [1.29, 1.82) is 0 Å². The highest BCUT2D eigenvalue weighted by atomic mass is 15.4. The van der Waals surface area contributed by atoms with Crippen LogP contribution in [0.1, 0.15) is 12.6 Å². The van der Waals surface area contributed by atoms with Crippen molar-refractivity contribution in [3.63, 3.8) is 0 Å². The molecule has 1 aromatic rings. The number of aromatic nitrogens is 1. The number of hydrazine groups is 1. The summed E-state index contributed by atoms with van der Waals surface area (Å²) in [7, 11) is 0. The van der Waals surface area contributed by atoms with Crippen LogP contribution in [0, 0.1) is 0 Å². The number of nitrogens with two attached hydrogens (primary N) is 1. The summed E-state index contributed by atoms with van der Waals surface area (Å²) >= 11 is 0. The first-order valence-corrected chi connectivity index (χ1v) is 3.72. The molecule has 0 saturated carbocycles. The molecule has 0 atom stereocenters. The van der Waals surface area contributed by atoms with Gasteiger partial charge in [-0.25, -0.2) is 5.01 Å². The van der Waals surface area contributed by atoms with Crippen molar-refractivity contribution in [2.75, 3.05) is 6.54 Å². The average molecular weight is 151 g/mol. The Morgan fingerprint density at radius 2 is 2.36 bits per heavy atom. The van der Waals surface area contributed by atoms with Crippen LogP contribution in [-0.2, 0) is 6.54 Å². The molecule has 0 aromatic carbocycles. The molecule has 1 heterocycles. The number of hydrogen-bond donors (Lipinski definition) is 1. The molecule has 0 fully saturated rings. The maximum atomic E-state index is 5.60. The predicted octanol–water partition coefficient (Wildman–Crippen LogP) is 0.777. The normalized spacial score (nSPS) is 10.5. The van der Waals surface area contributed by atoms with Crippen molar-refractivity contribution in [3.8, 4) is 0 Å². The fourth-order valence-electron chi connectivity index (χ4n) is 0.812. The van der Waals surface area contributed by atoms with Crippen molar-refractivity contribution < 1.29 is 0 Å². The van der Waals surface area contributed by atoms with Gasteiger partial charge in [0.25, 0.3) is 0 Å². The maximum Gasteiger partial charge on any atom is 0.0558 e. The van der Waals surface area contributed by atoms with Crippen LogP contribution in [0.25, 0.3) is 0 Å². The molecule has 1 rings (SSSR count). The predicted molar refractivity (Wildman–Crippen MR) is 44.5 cm³/mol. The highest BCUT2D eigenvalue weighted by molar-refractivity contribution is 5.02. The summed E-state index contributed by atoms with van der Waals surface area (Å²) in [6.45, 7) is 3.58. The van der Waals surface area contributed by atoms with Crippen molar-refractivity contribution >= 4 is 0 Å². The van der Waals surface area contributed by atoms with Crippen LogP contribution in [0.2, 0.25) is 0 Å². The van der Waals surface area contributed by atoms with Gasteiger partial charge in [-0.05, 0) is 12.1 Å². The van der Waals surface area contributed by atoms with Gasteiger partial charge < -0.3 is 0 Å². The Balaban J connectivity index is 2.51. The molecule has 0 aliphatic heterocycles. The summed E-state index contributed by atoms with van der Waals surface area (Å²) < 4.78 is 0. The van der Waals surface area contributed by atoms with Crippen LogP contribution >= 0.6 is 0 Å². The number of rotatable bonds is 3. The van der Waals surface area contributed by atoms with Crippen LogP contribution in [0.15, 0.2) is 24.4 Å². The van der Waals surface area contributed by atoms with E-state index in [2.05, 4.69) is 4.98 Å². The van der Waals surface area contributed by atoms with Crippen LogP contribution in [0.3, 0.4) is 0 Å². The first kappa shape index (κ1) is 8.17. The largest absolute Gasteiger partial charge is 0.268 e. The zero-order valence-corrected chi connectivity index (χ0v) is 6.70. The van der Waals surface area contributed by atoms with Gasteiger partial charge in [0.1, 0.15) is 0 Å². The summed E-state index contributed by atoms with van der Waals surface area (Å²) in [6, 6.07) is 5.83. The zero-order chi connectivity index (χ0) is 8.10. The van der Waals surface area contributed by atoms with Crippen molar-refractivity contribution in [1.82, 2.24) is 9.99 Å². The first-order chi connectivity index (χ1) is 5.33. The smallest absolute Gasteiger partial charge is 0.0558 e. The lowest BCUT2D eigenvalue weighted by atomic mass is 10.3. The van der Waals surface area contributed by atoms with Crippen LogP contribution in [0.5, 0.6) is 0 Å². The molecule has 1 aromatic heterocycles. The Morgan fingerprint density at radius 1 is 1.55 bits per heavy atom. The molecule has 0 saturated heterocycles. The molecule has 11 heavy (non-hydrogen) atoms. The molecule has 3 heteroatoms. The Bertz CT molecular complexity index is 198. The van der Waals surface area contributed by atoms with Gasteiger partial charge in [0.2, 0.25) is 0 Å². The highest BCUT2D eigenvalue weighted by Gasteiger charge is 1.96. The van der Waals surface area contributed by atoms with Gasteiger partial charge >= 0.3 is 0 Å². The molecule has 0 bridgehead atoms. The molecular weight excluding hydrogens is 138 g/mol. The molecular formula is C8H13N3. The lowest BCUT2D eigenvalue weighted by Gasteiger charge is -2.11. The molecule has 3 nitrogen and oxygen atoms in total. The topological polar surface area (TPSA) is 42.1 Å². The molecule has 0 spiro atoms. The van der Waals surface area contributed by atoms with Gasteiger partial charge in [-0.15, -0.1) is 0 Å². The lowest BCUT2D eigenvalue weighted by molar-refractivity contribution is 0.287. The Labute approximate surface area is 66.8 Å². The van der Waals surface area contributed by atoms with E-state index in [0.717, 1.165) is 18.8 Å². The van der Waals surface area contributed by atoms with Crippen LogP contribution in [-0.4, -0.2) is 16.5 Å². The van der Waals surface area contributed by atoms with E-state index in [9.17, 15) is 0 Å². The monoisotopic (exact) mass is 151 g/mol. The second-order valence-corrected chi connectivity index (χ2v) is 2.38. The first-order valence-electron chi connectivity index (χ1n) is 3.72. The number of nitrogens with zero attached hydrogens (tertiary/aromatic N) is 2. The van der Waals surface area contributed by atoms with Gasteiger partial charge in [0.15, 0.2) is 0 Å². The summed E-state index contributed by atoms with van der Waals surface area (Å²) in [5.41, 5.74) is 1.01. The standard InChI is InChI=1S/C8H13N3/c1-2-11(9)7-8-5-3-4-6-10-8/h3-6H,2,7,9H2,1H3. The molecule has 0 amide bonds. The van der Waals surface area contributed by atoms with Crippen molar-refractivity contribution in [2.45, 2.75) is 13.5 Å². The van der Waals surface area contributed by atoms with Gasteiger partial charge in [-0.3, -0.25) is 10.8 Å². The third-order valence-electron chi connectivity index (χ3n) is 1.50. The SMILES string of the molecule is CCN(N)Cc1ccccn1. The van der Waals surface area contributed by atoms with E-state index in [0.29, 0.717) is 0 Å². The second kappa shape index (κ2) is 4.05. The van der Waals surface area contributed by atoms with Crippen molar-refractivity contribution in [2.24, 2.45) is 5.84 Å². The van der Waals surface area contributed by atoms with E-state index in [4.69, 9.17) is 5.84 Å². The van der Waals surface area contributed by atoms with Gasteiger partial charge in [0, 0.05) is 12.7 Å². The highest BCUT2D eigenvalue weighted by Crippen LogP contribution is 1.95. The van der Waals surface area contributed by atoms with E-state index >= 15 is 0 Å². The van der Waals surface area contributed by atoms with E-state index in [-0.39, 0.29) is 0 Å². The van der Waals surface area contributed by atoms with Gasteiger partial charge in [-0.1, -0.05) is 13.0 Å². The van der Waals surface area contributed by atoms with Crippen molar-refractivity contribution in [3.05, 3.63) is 30.1 Å². The second-order valence-electron chi connectivity index (χ2n) is 2.38. The Morgan fingerprint density at radius 3 is 2.91 bits per heavy atom. The third kappa shape index (κ3) is 2.65. The summed E-state index contributed by atoms with van der Waals surface area (Å²) in [6.07, 6.45) is 1.78. The zero-order valence-electron chi connectivity index (χ0n) is 6.70. The quantitative estimate of drug-likeness (QED) is 0.512. The molecule has 0 aliphatic rings. The van der Waals surface area contributed by atoms with E-state index < -0.39 is 0 Å². The molecule has 0 unspecified atom stereocenters. The minimum atomic E-state index is 0.720. The molecule has 0 radical (unpaired) electrons. The van der Waals surface area contributed by atoms with E-state index in [1.807, 2.05) is 25.1 Å². The average Bonchev–Trinajstić information content (AvgIpc) is 2.06. The fraction of sp³-hybridized carbons (Fsp3) is 0.375. The van der Waals surface area contributed by atoms with E-state index in [1.165, 1.54) is 0 Å². The summed E-state index contributed by atoms with van der Waals surface area (Å²) in [5, 5.41) is 1.72. The maximum absolute atomic E-state index is 5.60. The summed E-state index contributed by atoms with van der Waals surface area (Å²) in [5.74, 6) is 5.60. The number of pyridine rings is 1. The molecule has 60 valence electrons. The third-order valence-corrected chi connectivity index (χ3v) is 1.50. The summed E-state index contributed by atoms with van der Waals surface area (Å²) in [4.78, 5) is 4.14. The Hall–Kier alpha value is -0.930. The van der Waals surface area contributed by atoms with Crippen LogP contribution < -0.4 is 5.84 Å². The minimum Gasteiger partial charge on any atom is -0.268 e. The van der Waals surface area contributed by atoms with Crippen LogP contribution in [0.4, 0.5) is 0 Å². The van der Waals surface area contributed by atoms with Gasteiger partial charge in [-0.2, -0.15) is 0 Å². The molecule has 2 N–H and O–H groups in total. The fourth-order valence-corrected chi connectivity index (χ4v) is 0.812.